The maximum Gasteiger partial charge on any atom is 0.245 e. The largest absolute Gasteiger partial charge is 0.497 e. The number of anilines is 1. The SMILES string of the molecule is CC#CC(C)(C)C.CC#CC(C)C.CC#CC(CC)CC.CC#CC(N)(CC)CC.CC#CC1CCCCC1.CC#CS(=O)(=O)c1ccc(C)cc1.CC#C[Si](C)(C)C.CC#Cc1ccc(C#N)cc1.CC#Cc1ccc(N)cc1.CC#Cc1ccc(OC)cc1.CC#Cc1ccccc1Cl.CC#Cc1ccccn1.Cc1ccccc1. The van der Waals surface area contributed by atoms with Crippen molar-refractivity contribution in [2.24, 2.45) is 28.9 Å². The van der Waals surface area contributed by atoms with Crippen LogP contribution >= 0.6 is 11.6 Å². The van der Waals surface area contributed by atoms with E-state index in [0.29, 0.717) is 17.4 Å². The Bertz CT molecular complexity index is 4760. The molecule has 1 fully saturated rings. The van der Waals surface area contributed by atoms with Gasteiger partial charge in [-0.05, 0) is 271 Å². The summed E-state index contributed by atoms with van der Waals surface area (Å²) < 4.78 is 27.7. The molecule has 618 valence electrons. The van der Waals surface area contributed by atoms with Gasteiger partial charge in [-0.3, -0.25) is 0 Å². The molecule has 0 atom stereocenters. The summed E-state index contributed by atoms with van der Waals surface area (Å²) in [6.07, 6.45) is 12.9. The van der Waals surface area contributed by atoms with E-state index in [2.05, 4.69) is 247 Å². The molecule has 1 aliphatic rings. The van der Waals surface area contributed by atoms with Crippen LogP contribution in [0.25, 0.3) is 0 Å². The summed E-state index contributed by atoms with van der Waals surface area (Å²) in [5.74, 6) is 66.4. The molecule has 1 saturated carbocycles. The van der Waals surface area contributed by atoms with Crippen molar-refractivity contribution in [3.05, 3.63) is 226 Å². The van der Waals surface area contributed by atoms with Gasteiger partial charge in [-0.15, -0.1) is 82.5 Å². The molecule has 10 heteroatoms. The van der Waals surface area contributed by atoms with Gasteiger partial charge in [0.05, 0.1) is 34.2 Å². The zero-order chi connectivity index (χ0) is 89.6. The third-order valence-electron chi connectivity index (χ3n) is 14.7. The van der Waals surface area contributed by atoms with Crippen LogP contribution in [-0.4, -0.2) is 34.1 Å². The Kier molecular flexibility index (Phi) is 73.0. The van der Waals surface area contributed by atoms with Crippen LogP contribution in [0.15, 0.2) is 181 Å². The number of hydrogen-bond donors (Lipinski definition) is 2. The molecule has 1 aromatic heterocycles. The second kappa shape index (κ2) is 74.8. The minimum absolute atomic E-state index is 0.189. The molecule has 117 heavy (non-hydrogen) atoms. The minimum atomic E-state index is -3.39. The monoisotopic (exact) mass is 1620 g/mol. The van der Waals surface area contributed by atoms with E-state index in [1.54, 1.807) is 70.5 Å². The highest BCUT2D eigenvalue weighted by Gasteiger charge is 2.15. The zero-order valence-electron chi connectivity index (χ0n) is 75.9. The topological polar surface area (TPSA) is 132 Å². The van der Waals surface area contributed by atoms with Crippen LogP contribution < -0.4 is 16.2 Å². The molecule has 0 aliphatic heterocycles. The van der Waals surface area contributed by atoms with Gasteiger partial charge in [-0.25, -0.2) is 13.4 Å². The number of rotatable bonds is 6. The van der Waals surface area contributed by atoms with Crippen molar-refractivity contribution in [1.82, 2.24) is 4.98 Å². The van der Waals surface area contributed by atoms with Gasteiger partial charge in [0, 0.05) is 62.6 Å². The fraction of sp³-hybridized carbons (Fsp3) is 0.383. The highest BCUT2D eigenvalue weighted by molar-refractivity contribution is 7.96. The Morgan fingerprint density at radius 3 is 1.29 bits per heavy atom. The number of pyridine rings is 1. The van der Waals surface area contributed by atoms with Crippen LogP contribution in [0.2, 0.25) is 24.7 Å². The average Bonchev–Trinajstić information content (AvgIpc) is 0.848. The molecule has 4 N–H and O–H groups in total. The number of benzene rings is 6. The quantitative estimate of drug-likeness (QED) is 0.0733. The van der Waals surface area contributed by atoms with E-state index in [-0.39, 0.29) is 15.8 Å². The summed E-state index contributed by atoms with van der Waals surface area (Å²) in [4.78, 5) is 4.25. The van der Waals surface area contributed by atoms with Crippen LogP contribution in [0.5, 0.6) is 5.75 Å². The lowest BCUT2D eigenvalue weighted by molar-refractivity contribution is 0.415. The van der Waals surface area contributed by atoms with E-state index >= 15 is 0 Å². The molecule has 0 unspecified atom stereocenters. The van der Waals surface area contributed by atoms with E-state index in [0.717, 1.165) is 68.7 Å². The van der Waals surface area contributed by atoms with Crippen LogP contribution in [0.3, 0.4) is 0 Å². The number of nitriles is 1. The molecular weight excluding hydrogens is 1480 g/mol. The van der Waals surface area contributed by atoms with Gasteiger partial charge in [-0.1, -0.05) is 211 Å². The summed E-state index contributed by atoms with van der Waals surface area (Å²) in [6.45, 7) is 51.5. The Hall–Kier alpha value is -11.3. The first-order valence-corrected chi connectivity index (χ1v) is 44.9. The number of nitrogen functional groups attached to an aromatic ring is 1. The van der Waals surface area contributed by atoms with E-state index in [1.807, 2.05) is 190 Å². The van der Waals surface area contributed by atoms with Crippen LogP contribution in [0.4, 0.5) is 5.69 Å². The average molecular weight is 1620 g/mol. The second-order valence-electron chi connectivity index (χ2n) is 27.6. The highest BCUT2D eigenvalue weighted by atomic mass is 35.5. The van der Waals surface area contributed by atoms with E-state index in [4.69, 9.17) is 33.1 Å². The third kappa shape index (κ3) is 72.2. The summed E-state index contributed by atoms with van der Waals surface area (Å²) in [7, 11) is -2.75. The van der Waals surface area contributed by atoms with Crippen molar-refractivity contribution < 1.29 is 13.2 Å². The first-order valence-electron chi connectivity index (χ1n) is 39.6. The van der Waals surface area contributed by atoms with Gasteiger partial charge in [0.1, 0.15) is 19.5 Å². The standard InChI is InChI=1S/C10H7N.C10H10O2S.C10H10O.C9H7Cl.C9H9N.C9H14.C8H7N.C8H15N.C8H14.C7H8.C7H12.C6H12Si.C6H10/c1-2-3-9-4-6-10(8-11)7-5-9;1-3-8-13(11,12)10-6-4-9(2)5-7-10;1-3-4-9-5-7-10(11-2)8-6-9;1-2-5-8-6-3-4-7-9(8)10;1-2-3-8-4-6-9(10)7-5-8;1-2-6-9-7-4-3-5-8-9;1-2-5-8-6-3-4-7-9-8;1-4-7-8(9,5-2)6-3;1-4-7-8(5-2)6-3;1-7-5-3-2-4-6-7;2*1-5-6-7(2,3)4;1-4-5-6(2)3/h4-7H,1H3;4-7H,1-2H3;5-8H,1-2H3;3-4,6-7H,1H3;4-7H,10H2,1H3;9H,3-5,7-8H2,1H3;3-4,6-7H,1H3;5-6,9H2,1-3H3;8H,5-6H2,1-3H3;2-6H,1H3;2*1-4H3;6H,1-3H3. The molecule has 1 heterocycles. The number of aryl methyl sites for hydroxylation is 2. The lowest BCUT2D eigenvalue weighted by Crippen LogP contribution is -2.36. The highest BCUT2D eigenvalue weighted by Crippen LogP contribution is 2.23. The zero-order valence-corrected chi connectivity index (χ0v) is 78.5. The molecule has 7 aromatic rings. The van der Waals surface area contributed by atoms with Gasteiger partial charge in [0.25, 0.3) is 0 Å². The number of methoxy groups -OCH3 is 1. The molecule has 8 rings (SSSR count). The van der Waals surface area contributed by atoms with Crippen molar-refractivity contribution in [3.63, 3.8) is 0 Å². The molecule has 0 saturated heterocycles. The molecule has 0 amide bonds. The maximum atomic E-state index is 11.4. The smallest absolute Gasteiger partial charge is 0.245 e. The predicted octanol–water partition coefficient (Wildman–Crippen LogP) is 25.7. The number of aromatic nitrogens is 1. The van der Waals surface area contributed by atoms with Gasteiger partial charge in [0.15, 0.2) is 0 Å². The summed E-state index contributed by atoms with van der Waals surface area (Å²) in [6, 6.07) is 54.6. The Balaban J connectivity index is -0.000000389. The van der Waals surface area contributed by atoms with Gasteiger partial charge >= 0.3 is 0 Å². The van der Waals surface area contributed by atoms with Crippen molar-refractivity contribution in [2.75, 3.05) is 12.8 Å². The Morgan fingerprint density at radius 1 is 0.521 bits per heavy atom. The number of sulfone groups is 1. The number of halogens is 1. The van der Waals surface area contributed by atoms with Crippen molar-refractivity contribution >= 4 is 35.2 Å². The first kappa shape index (κ1) is 114. The summed E-state index contributed by atoms with van der Waals surface area (Å²) >= 11 is 5.80. The molecule has 7 nitrogen and oxygen atoms in total. The molecule has 1 aliphatic carbocycles. The lowest BCUT2D eigenvalue weighted by atomic mass is 9.90. The Labute approximate surface area is 721 Å². The van der Waals surface area contributed by atoms with Crippen molar-refractivity contribution in [2.45, 2.75) is 247 Å². The molecule has 6 aromatic carbocycles. The Morgan fingerprint density at radius 2 is 0.974 bits per heavy atom. The first-order chi connectivity index (χ1) is 55.6. The molecule has 0 bridgehead atoms. The van der Waals surface area contributed by atoms with Crippen LogP contribution in [0.1, 0.15) is 248 Å². The van der Waals surface area contributed by atoms with Gasteiger partial charge < -0.3 is 16.2 Å². The molecule has 0 radical (unpaired) electrons. The lowest BCUT2D eigenvalue weighted by Gasteiger charge is -2.18. The van der Waals surface area contributed by atoms with Crippen LogP contribution in [0, 0.1) is 189 Å². The fourth-order valence-corrected chi connectivity index (χ4v) is 10.7. The van der Waals surface area contributed by atoms with Crippen molar-refractivity contribution in [3.8, 4) is 153 Å². The predicted molar refractivity (Wildman–Crippen MR) is 513 cm³/mol. The number of ether oxygens (including phenoxy) is 1. The van der Waals surface area contributed by atoms with Gasteiger partial charge in [0.2, 0.25) is 9.84 Å². The maximum absolute atomic E-state index is 11.4. The fourth-order valence-electron chi connectivity index (χ4n) is 8.87. The van der Waals surface area contributed by atoms with E-state index < -0.39 is 17.9 Å². The third-order valence-corrected chi connectivity index (χ3v) is 17.4. The second-order valence-corrected chi connectivity index (χ2v) is 34.4. The summed E-state index contributed by atoms with van der Waals surface area (Å²) in [5, 5.41) is 11.4. The van der Waals surface area contributed by atoms with Gasteiger partial charge in [-0.2, -0.15) is 5.26 Å². The summed E-state index contributed by atoms with van der Waals surface area (Å²) in [5.41, 5.74) is 23.0. The minimum Gasteiger partial charge on any atom is -0.497 e. The number of nitrogens with two attached hydrogens (primary N) is 2. The van der Waals surface area contributed by atoms with Crippen LogP contribution in [-0.2, 0) is 9.84 Å². The number of hydrogen-bond acceptors (Lipinski definition) is 7. The number of nitrogens with zero attached hydrogens (tertiary/aromatic N) is 2. The van der Waals surface area contributed by atoms with E-state index in [9.17, 15) is 8.42 Å². The normalized spacial score (nSPS) is 9.62. The molecular formula is C107H135ClN4O3SSi. The van der Waals surface area contributed by atoms with Crippen molar-refractivity contribution in [1.29, 1.82) is 5.26 Å². The molecule has 0 spiro atoms. The van der Waals surface area contributed by atoms with E-state index in [1.165, 1.54) is 57.4 Å².